The lowest BCUT2D eigenvalue weighted by molar-refractivity contribution is -0.123. The second-order valence-electron chi connectivity index (χ2n) is 7.04. The average molecular weight is 311 g/mol. The molecule has 4 nitrogen and oxygen atoms in total. The van der Waals surface area contributed by atoms with E-state index in [9.17, 15) is 4.79 Å². The third-order valence-electron chi connectivity index (χ3n) is 3.55. The number of anilines is 3. The third-order valence-corrected chi connectivity index (χ3v) is 3.55. The largest absolute Gasteiger partial charge is 0.354 e. The molecule has 2 rings (SSSR count). The molecule has 0 spiro atoms. The lowest BCUT2D eigenvalue weighted by atomic mass is 9.96. The van der Waals surface area contributed by atoms with Gasteiger partial charge in [0.25, 0.3) is 0 Å². The SMILES string of the molecule is CC(C)c1ccc(Nc2ccc(NC(=O)C(C)(C)C)nc2)cc1. The molecule has 2 N–H and O–H groups in total. The standard InChI is InChI=1S/C19H25N3O/c1-13(2)14-6-8-15(9-7-14)21-16-10-11-17(20-12-16)22-18(23)19(3,4)5/h6-13,21H,1-5H3,(H,20,22,23). The van der Waals surface area contributed by atoms with Gasteiger partial charge in [-0.1, -0.05) is 46.8 Å². The van der Waals surface area contributed by atoms with Crippen LogP contribution in [-0.2, 0) is 4.79 Å². The topological polar surface area (TPSA) is 54.0 Å². The fourth-order valence-electron chi connectivity index (χ4n) is 1.96. The number of hydrogen-bond acceptors (Lipinski definition) is 3. The van der Waals surface area contributed by atoms with Crippen LogP contribution in [0.4, 0.5) is 17.2 Å². The van der Waals surface area contributed by atoms with Crippen molar-refractivity contribution >= 4 is 23.1 Å². The van der Waals surface area contributed by atoms with Crippen LogP contribution >= 0.6 is 0 Å². The van der Waals surface area contributed by atoms with Crippen molar-refractivity contribution < 1.29 is 4.79 Å². The number of carbonyl (C=O) groups excluding carboxylic acids is 1. The van der Waals surface area contributed by atoms with E-state index in [2.05, 4.69) is 53.7 Å². The van der Waals surface area contributed by atoms with Crippen LogP contribution in [-0.4, -0.2) is 10.9 Å². The lowest BCUT2D eigenvalue weighted by Gasteiger charge is -2.17. The molecule has 1 aromatic carbocycles. The quantitative estimate of drug-likeness (QED) is 0.841. The van der Waals surface area contributed by atoms with E-state index in [0.29, 0.717) is 11.7 Å². The summed E-state index contributed by atoms with van der Waals surface area (Å²) in [6.45, 7) is 9.98. The lowest BCUT2D eigenvalue weighted by Crippen LogP contribution is -2.27. The summed E-state index contributed by atoms with van der Waals surface area (Å²) < 4.78 is 0. The van der Waals surface area contributed by atoms with Gasteiger partial charge in [0.15, 0.2) is 0 Å². The Balaban J connectivity index is 2.01. The summed E-state index contributed by atoms with van der Waals surface area (Å²) in [4.78, 5) is 16.2. The number of benzene rings is 1. The van der Waals surface area contributed by atoms with E-state index in [1.54, 1.807) is 12.3 Å². The van der Waals surface area contributed by atoms with Crippen LogP contribution < -0.4 is 10.6 Å². The molecule has 0 bridgehead atoms. The number of rotatable bonds is 4. The van der Waals surface area contributed by atoms with Gasteiger partial charge in [0.1, 0.15) is 5.82 Å². The number of pyridine rings is 1. The number of carbonyl (C=O) groups is 1. The van der Waals surface area contributed by atoms with E-state index in [1.807, 2.05) is 26.8 Å². The molecule has 4 heteroatoms. The maximum Gasteiger partial charge on any atom is 0.230 e. The monoisotopic (exact) mass is 311 g/mol. The molecule has 0 aliphatic carbocycles. The minimum Gasteiger partial charge on any atom is -0.354 e. The maximum atomic E-state index is 11.9. The fourth-order valence-corrected chi connectivity index (χ4v) is 1.96. The Labute approximate surface area is 138 Å². The summed E-state index contributed by atoms with van der Waals surface area (Å²) >= 11 is 0. The summed E-state index contributed by atoms with van der Waals surface area (Å²) in [6, 6.07) is 12.1. The Bertz CT molecular complexity index is 653. The van der Waals surface area contributed by atoms with Gasteiger partial charge in [0, 0.05) is 11.1 Å². The van der Waals surface area contributed by atoms with Crippen LogP contribution in [0.15, 0.2) is 42.6 Å². The van der Waals surface area contributed by atoms with Crippen LogP contribution in [0.5, 0.6) is 0 Å². The maximum absolute atomic E-state index is 11.9. The van der Waals surface area contributed by atoms with Crippen LogP contribution in [0.1, 0.15) is 46.1 Å². The van der Waals surface area contributed by atoms with Crippen molar-refractivity contribution in [3.63, 3.8) is 0 Å². The van der Waals surface area contributed by atoms with Crippen molar-refractivity contribution in [2.24, 2.45) is 5.41 Å². The molecule has 0 saturated carbocycles. The molecule has 1 heterocycles. The van der Waals surface area contributed by atoms with Gasteiger partial charge in [0.2, 0.25) is 5.91 Å². The van der Waals surface area contributed by atoms with E-state index in [1.165, 1.54) is 5.56 Å². The third kappa shape index (κ3) is 4.81. The van der Waals surface area contributed by atoms with Gasteiger partial charge >= 0.3 is 0 Å². The number of hydrogen-bond donors (Lipinski definition) is 2. The van der Waals surface area contributed by atoms with E-state index in [4.69, 9.17) is 0 Å². The number of nitrogens with zero attached hydrogens (tertiary/aromatic N) is 1. The first-order chi connectivity index (χ1) is 10.8. The summed E-state index contributed by atoms with van der Waals surface area (Å²) in [5, 5.41) is 6.12. The Morgan fingerprint density at radius 3 is 2.09 bits per heavy atom. The molecule has 0 aliphatic heterocycles. The van der Waals surface area contributed by atoms with E-state index in [-0.39, 0.29) is 5.91 Å². The Morgan fingerprint density at radius 1 is 1.00 bits per heavy atom. The van der Waals surface area contributed by atoms with Crippen molar-refractivity contribution in [3.05, 3.63) is 48.2 Å². The highest BCUT2D eigenvalue weighted by atomic mass is 16.2. The zero-order valence-electron chi connectivity index (χ0n) is 14.5. The number of amides is 1. The summed E-state index contributed by atoms with van der Waals surface area (Å²) in [6.07, 6.45) is 1.72. The molecule has 0 radical (unpaired) electrons. The molecular formula is C19H25N3O. The second-order valence-corrected chi connectivity index (χ2v) is 7.04. The smallest absolute Gasteiger partial charge is 0.230 e. The minimum atomic E-state index is -0.434. The van der Waals surface area contributed by atoms with Crippen LogP contribution in [0.2, 0.25) is 0 Å². The molecular weight excluding hydrogens is 286 g/mol. The normalized spacial score (nSPS) is 11.4. The number of nitrogens with one attached hydrogen (secondary N) is 2. The first-order valence-electron chi connectivity index (χ1n) is 7.90. The van der Waals surface area contributed by atoms with Gasteiger partial charge < -0.3 is 10.6 Å². The van der Waals surface area contributed by atoms with E-state index in [0.717, 1.165) is 11.4 Å². The molecule has 0 atom stereocenters. The van der Waals surface area contributed by atoms with Gasteiger partial charge in [-0.2, -0.15) is 0 Å². The van der Waals surface area contributed by atoms with Gasteiger partial charge in [-0.15, -0.1) is 0 Å². The zero-order valence-corrected chi connectivity index (χ0v) is 14.5. The predicted molar refractivity (Wildman–Crippen MR) is 96.1 cm³/mol. The first-order valence-corrected chi connectivity index (χ1v) is 7.90. The van der Waals surface area contributed by atoms with E-state index >= 15 is 0 Å². The van der Waals surface area contributed by atoms with Crippen LogP contribution in [0, 0.1) is 5.41 Å². The van der Waals surface area contributed by atoms with Gasteiger partial charge in [0.05, 0.1) is 11.9 Å². The highest BCUT2D eigenvalue weighted by molar-refractivity contribution is 5.93. The van der Waals surface area contributed by atoms with Crippen LogP contribution in [0.25, 0.3) is 0 Å². The van der Waals surface area contributed by atoms with Crippen molar-refractivity contribution in [1.82, 2.24) is 4.98 Å². The molecule has 2 aromatic rings. The number of aromatic nitrogens is 1. The van der Waals surface area contributed by atoms with Crippen molar-refractivity contribution in [2.45, 2.75) is 40.5 Å². The predicted octanol–water partition coefficient (Wildman–Crippen LogP) is 4.93. The molecule has 1 aromatic heterocycles. The Kier molecular flexibility index (Phi) is 5.04. The molecule has 23 heavy (non-hydrogen) atoms. The van der Waals surface area contributed by atoms with Gasteiger partial charge in [-0.3, -0.25) is 4.79 Å². The summed E-state index contributed by atoms with van der Waals surface area (Å²) in [5.74, 6) is 1.04. The fraction of sp³-hybridized carbons (Fsp3) is 0.368. The molecule has 1 amide bonds. The molecule has 0 unspecified atom stereocenters. The zero-order chi connectivity index (χ0) is 17.0. The van der Waals surface area contributed by atoms with E-state index < -0.39 is 5.41 Å². The van der Waals surface area contributed by atoms with Crippen molar-refractivity contribution in [2.75, 3.05) is 10.6 Å². The highest BCUT2D eigenvalue weighted by Crippen LogP contribution is 2.21. The molecule has 0 fully saturated rings. The Hall–Kier alpha value is -2.36. The van der Waals surface area contributed by atoms with Crippen molar-refractivity contribution in [1.29, 1.82) is 0 Å². The second kappa shape index (κ2) is 6.82. The molecule has 0 saturated heterocycles. The molecule has 0 aliphatic rings. The van der Waals surface area contributed by atoms with Gasteiger partial charge in [-0.05, 0) is 35.7 Å². The first kappa shape index (κ1) is 17.0. The van der Waals surface area contributed by atoms with Crippen LogP contribution in [0.3, 0.4) is 0 Å². The summed E-state index contributed by atoms with van der Waals surface area (Å²) in [7, 11) is 0. The summed E-state index contributed by atoms with van der Waals surface area (Å²) in [5.41, 5.74) is 2.78. The van der Waals surface area contributed by atoms with Crippen molar-refractivity contribution in [3.8, 4) is 0 Å². The average Bonchev–Trinajstić information content (AvgIpc) is 2.49. The molecule has 122 valence electrons. The highest BCUT2D eigenvalue weighted by Gasteiger charge is 2.21. The van der Waals surface area contributed by atoms with Gasteiger partial charge in [-0.25, -0.2) is 4.98 Å². The minimum absolute atomic E-state index is 0.0463. The Morgan fingerprint density at radius 2 is 1.61 bits per heavy atom.